The Kier molecular flexibility index (Phi) is 4.57. The molecule has 0 aliphatic heterocycles. The van der Waals surface area contributed by atoms with Crippen molar-refractivity contribution in [2.75, 3.05) is 5.32 Å². The molecule has 1 amide bonds. The maximum Gasteiger partial charge on any atom is 0.301 e. The van der Waals surface area contributed by atoms with Gasteiger partial charge in [0, 0.05) is 29.3 Å². The van der Waals surface area contributed by atoms with Gasteiger partial charge in [-0.15, -0.1) is 0 Å². The van der Waals surface area contributed by atoms with Crippen LogP contribution in [0, 0.1) is 32.6 Å². The first-order valence-corrected chi connectivity index (χ1v) is 7.78. The zero-order chi connectivity index (χ0) is 17.8. The number of aromatic nitrogens is 4. The van der Waals surface area contributed by atoms with Gasteiger partial charge in [-0.25, -0.2) is 9.97 Å². The molecule has 6 nitrogen and oxygen atoms in total. The van der Waals surface area contributed by atoms with Crippen LogP contribution in [0.3, 0.4) is 0 Å². The number of aryl methyl sites for hydroxylation is 3. The minimum atomic E-state index is -0.410. The lowest BCUT2D eigenvalue weighted by Gasteiger charge is -2.07. The first-order chi connectivity index (χ1) is 12.0. The monoisotopic (exact) mass is 331 g/mol. The number of nitrogens with zero attached hydrogens (tertiary/aromatic N) is 4. The predicted octanol–water partition coefficient (Wildman–Crippen LogP) is 2.58. The number of anilines is 1. The van der Waals surface area contributed by atoms with Crippen LogP contribution >= 0.6 is 0 Å². The Balaban J connectivity index is 1.86. The lowest BCUT2D eigenvalue weighted by molar-refractivity contribution is -0.111. The third-order valence-corrected chi connectivity index (χ3v) is 3.34. The average molecular weight is 331 g/mol. The second-order valence-corrected chi connectivity index (χ2v) is 5.57. The molecule has 1 N–H and O–H groups in total. The Morgan fingerprint density at radius 2 is 1.80 bits per heavy atom. The van der Waals surface area contributed by atoms with E-state index in [0.717, 1.165) is 17.0 Å². The van der Waals surface area contributed by atoms with Crippen LogP contribution in [0.2, 0.25) is 0 Å². The molecule has 0 spiro atoms. The van der Waals surface area contributed by atoms with E-state index in [0.29, 0.717) is 17.5 Å². The van der Waals surface area contributed by atoms with Gasteiger partial charge in [0.1, 0.15) is 11.6 Å². The van der Waals surface area contributed by atoms with Crippen LogP contribution < -0.4 is 5.32 Å². The molecule has 124 valence electrons. The second-order valence-electron chi connectivity index (χ2n) is 5.57. The van der Waals surface area contributed by atoms with E-state index in [9.17, 15) is 4.79 Å². The topological polar surface area (TPSA) is 72.7 Å². The summed E-state index contributed by atoms with van der Waals surface area (Å²) in [5.74, 6) is 6.77. The summed E-state index contributed by atoms with van der Waals surface area (Å²) in [4.78, 5) is 20.8. The number of hydrogen-bond acceptors (Lipinski definition) is 4. The molecule has 25 heavy (non-hydrogen) atoms. The summed E-state index contributed by atoms with van der Waals surface area (Å²) in [6.45, 7) is 5.55. The number of hydrogen-bond donors (Lipinski definition) is 1. The average Bonchev–Trinajstić information content (AvgIpc) is 2.93. The lowest BCUT2D eigenvalue weighted by atomic mass is 10.2. The number of rotatable bonds is 2. The van der Waals surface area contributed by atoms with Crippen molar-refractivity contribution in [1.29, 1.82) is 0 Å². The summed E-state index contributed by atoms with van der Waals surface area (Å²) in [7, 11) is 0. The Bertz CT molecular complexity index is 960. The van der Waals surface area contributed by atoms with Crippen LogP contribution in [-0.2, 0) is 4.79 Å². The molecular weight excluding hydrogens is 314 g/mol. The Hall–Kier alpha value is -3.46. The molecule has 0 aliphatic rings. The minimum absolute atomic E-state index is 0.410. The molecule has 6 heteroatoms. The first-order valence-electron chi connectivity index (χ1n) is 7.78. The third kappa shape index (κ3) is 4.09. The molecule has 0 bridgehead atoms. The zero-order valence-corrected chi connectivity index (χ0v) is 14.2. The molecule has 0 saturated heterocycles. The second kappa shape index (κ2) is 6.97. The van der Waals surface area contributed by atoms with E-state index in [1.54, 1.807) is 10.7 Å². The highest BCUT2D eigenvalue weighted by Gasteiger charge is 2.12. The number of nitrogens with one attached hydrogen (secondary N) is 1. The summed E-state index contributed by atoms with van der Waals surface area (Å²) < 4.78 is 1.58. The van der Waals surface area contributed by atoms with Gasteiger partial charge in [-0.05, 0) is 32.9 Å². The number of benzene rings is 1. The minimum Gasteiger partial charge on any atom is -0.299 e. The van der Waals surface area contributed by atoms with E-state index in [-0.39, 0.29) is 0 Å². The van der Waals surface area contributed by atoms with Gasteiger partial charge in [0.05, 0.1) is 5.69 Å². The lowest BCUT2D eigenvalue weighted by Crippen LogP contribution is -2.14. The molecule has 1 aromatic carbocycles. The van der Waals surface area contributed by atoms with Crippen LogP contribution in [0.5, 0.6) is 0 Å². The van der Waals surface area contributed by atoms with Crippen molar-refractivity contribution >= 4 is 11.7 Å². The summed E-state index contributed by atoms with van der Waals surface area (Å²) in [5, 5.41) is 7.16. The summed E-state index contributed by atoms with van der Waals surface area (Å²) in [6, 6.07) is 12.9. The maximum atomic E-state index is 12.2. The molecule has 3 rings (SSSR count). The van der Waals surface area contributed by atoms with Crippen molar-refractivity contribution < 1.29 is 4.79 Å². The summed E-state index contributed by atoms with van der Waals surface area (Å²) >= 11 is 0. The van der Waals surface area contributed by atoms with Crippen molar-refractivity contribution in [3.05, 3.63) is 65.2 Å². The van der Waals surface area contributed by atoms with E-state index in [4.69, 9.17) is 0 Å². The van der Waals surface area contributed by atoms with Gasteiger partial charge in [0.2, 0.25) is 0 Å². The molecule has 0 aliphatic carbocycles. The smallest absolute Gasteiger partial charge is 0.299 e. The van der Waals surface area contributed by atoms with Gasteiger partial charge < -0.3 is 0 Å². The van der Waals surface area contributed by atoms with E-state index >= 15 is 0 Å². The number of amides is 1. The molecule has 3 aromatic rings. The molecule has 0 radical (unpaired) electrons. The molecular formula is C19H17N5O. The van der Waals surface area contributed by atoms with Crippen molar-refractivity contribution in [2.24, 2.45) is 0 Å². The van der Waals surface area contributed by atoms with E-state index in [2.05, 4.69) is 32.2 Å². The van der Waals surface area contributed by atoms with Crippen LogP contribution in [0.1, 0.15) is 22.8 Å². The zero-order valence-electron chi connectivity index (χ0n) is 14.2. The Labute approximate surface area is 145 Å². The molecule has 2 heterocycles. The maximum absolute atomic E-state index is 12.2. The highest BCUT2D eigenvalue weighted by Crippen LogP contribution is 2.16. The molecule has 2 aromatic heterocycles. The van der Waals surface area contributed by atoms with Crippen LogP contribution in [0.4, 0.5) is 5.82 Å². The van der Waals surface area contributed by atoms with Gasteiger partial charge in [-0.1, -0.05) is 24.1 Å². The van der Waals surface area contributed by atoms with Crippen molar-refractivity contribution in [3.8, 4) is 17.7 Å². The van der Waals surface area contributed by atoms with Crippen molar-refractivity contribution in [3.63, 3.8) is 0 Å². The predicted molar refractivity (Wildman–Crippen MR) is 95.3 cm³/mol. The van der Waals surface area contributed by atoms with E-state index < -0.39 is 5.91 Å². The summed E-state index contributed by atoms with van der Waals surface area (Å²) in [6.07, 6.45) is 0. The molecule has 0 fully saturated rings. The third-order valence-electron chi connectivity index (χ3n) is 3.34. The number of carbonyl (C=O) groups is 1. The highest BCUT2D eigenvalue weighted by atomic mass is 16.1. The van der Waals surface area contributed by atoms with Gasteiger partial charge in [0.25, 0.3) is 0 Å². The fraction of sp³-hybridized carbons (Fsp3) is 0.158. The Morgan fingerprint density at radius 3 is 2.52 bits per heavy atom. The van der Waals surface area contributed by atoms with Crippen LogP contribution in [0.25, 0.3) is 5.82 Å². The Morgan fingerprint density at radius 1 is 1.04 bits per heavy atom. The fourth-order valence-electron chi connectivity index (χ4n) is 2.37. The van der Waals surface area contributed by atoms with Gasteiger partial charge in [-0.2, -0.15) is 9.78 Å². The van der Waals surface area contributed by atoms with Gasteiger partial charge in [0.15, 0.2) is 5.82 Å². The van der Waals surface area contributed by atoms with Gasteiger partial charge >= 0.3 is 5.91 Å². The summed E-state index contributed by atoms with van der Waals surface area (Å²) in [5.41, 5.74) is 2.38. The first kappa shape index (κ1) is 16.4. The molecule has 0 unspecified atom stereocenters. The van der Waals surface area contributed by atoms with Gasteiger partial charge in [-0.3, -0.25) is 10.1 Å². The SMILES string of the molecule is Cc1cc(-n2nc(C)cc2NC(=O)C#Cc2ccccc2)nc(C)n1. The van der Waals surface area contributed by atoms with Crippen molar-refractivity contribution in [2.45, 2.75) is 20.8 Å². The largest absolute Gasteiger partial charge is 0.301 e. The quantitative estimate of drug-likeness (QED) is 0.733. The molecule has 0 atom stereocenters. The van der Waals surface area contributed by atoms with E-state index in [1.807, 2.05) is 57.2 Å². The van der Waals surface area contributed by atoms with E-state index in [1.165, 1.54) is 0 Å². The fourth-order valence-corrected chi connectivity index (χ4v) is 2.37. The number of carbonyl (C=O) groups excluding carboxylic acids is 1. The standard InChI is InChI=1S/C19H17N5O/c1-13-11-17(21-15(3)20-13)24-18(12-14(2)23-24)22-19(25)10-9-16-7-5-4-6-8-16/h4-8,11-12H,1-3H3,(H,22,25). The van der Waals surface area contributed by atoms with Crippen LogP contribution in [0.15, 0.2) is 42.5 Å². The molecule has 0 saturated carbocycles. The van der Waals surface area contributed by atoms with Crippen molar-refractivity contribution in [1.82, 2.24) is 19.7 Å². The highest BCUT2D eigenvalue weighted by molar-refractivity contribution is 6.04. The van der Waals surface area contributed by atoms with Crippen LogP contribution in [-0.4, -0.2) is 25.7 Å². The normalized spacial score (nSPS) is 10.0.